The predicted molar refractivity (Wildman–Crippen MR) is 75.7 cm³/mol. The smallest absolute Gasteiger partial charge is 0.161 e. The second kappa shape index (κ2) is 4.51. The molecule has 0 bridgehead atoms. The first-order valence-electron chi connectivity index (χ1n) is 6.35. The monoisotopic (exact) mass is 255 g/mol. The second-order valence-corrected chi connectivity index (χ2v) is 4.72. The van der Waals surface area contributed by atoms with Gasteiger partial charge in [0.05, 0.1) is 17.4 Å². The molecule has 0 unspecified atom stereocenters. The molecular formula is C14H17N5. The van der Waals surface area contributed by atoms with Gasteiger partial charge in [-0.15, -0.1) is 0 Å². The topological polar surface area (TPSA) is 61.7 Å². The van der Waals surface area contributed by atoms with Crippen molar-refractivity contribution in [2.45, 2.75) is 13.5 Å². The van der Waals surface area contributed by atoms with E-state index in [1.807, 2.05) is 29.9 Å². The van der Waals surface area contributed by atoms with Crippen LogP contribution >= 0.6 is 0 Å². The van der Waals surface area contributed by atoms with Gasteiger partial charge in [-0.2, -0.15) is 0 Å². The molecular weight excluding hydrogens is 238 g/mol. The van der Waals surface area contributed by atoms with Crippen LogP contribution in [0.1, 0.15) is 5.56 Å². The molecule has 0 radical (unpaired) electrons. The minimum atomic E-state index is 0.609. The Kier molecular flexibility index (Phi) is 2.83. The fraction of sp³-hybridized carbons (Fsp3) is 0.286. The van der Waals surface area contributed by atoms with Crippen molar-refractivity contribution in [2.24, 2.45) is 12.8 Å². The summed E-state index contributed by atoms with van der Waals surface area (Å²) in [7, 11) is 2.03. The van der Waals surface area contributed by atoms with Crippen molar-refractivity contribution in [3.8, 4) is 11.5 Å². The molecule has 3 rings (SSSR count). The highest BCUT2D eigenvalue weighted by atomic mass is 15.1. The second-order valence-electron chi connectivity index (χ2n) is 4.72. The Bertz CT molecular complexity index is 723. The van der Waals surface area contributed by atoms with E-state index in [2.05, 4.69) is 27.5 Å². The van der Waals surface area contributed by atoms with Gasteiger partial charge in [0.2, 0.25) is 0 Å². The van der Waals surface area contributed by atoms with Crippen molar-refractivity contribution in [3.05, 3.63) is 36.3 Å². The van der Waals surface area contributed by atoms with Crippen LogP contribution in [0, 0.1) is 6.92 Å². The number of imidazole rings is 2. The molecule has 0 spiro atoms. The highest BCUT2D eigenvalue weighted by Gasteiger charge is 2.13. The molecule has 2 heterocycles. The molecule has 0 saturated heterocycles. The van der Waals surface area contributed by atoms with E-state index in [1.165, 1.54) is 5.56 Å². The number of nitrogens with two attached hydrogens (primary N) is 1. The highest BCUT2D eigenvalue weighted by molar-refractivity contribution is 5.82. The third-order valence-electron chi connectivity index (χ3n) is 3.35. The molecule has 19 heavy (non-hydrogen) atoms. The molecule has 0 aliphatic carbocycles. The molecule has 98 valence electrons. The Balaban J connectivity index is 2.14. The molecule has 0 amide bonds. The van der Waals surface area contributed by atoms with E-state index in [0.29, 0.717) is 6.54 Å². The van der Waals surface area contributed by atoms with Crippen molar-refractivity contribution < 1.29 is 0 Å². The van der Waals surface area contributed by atoms with Crippen LogP contribution in [0.25, 0.3) is 22.6 Å². The predicted octanol–water partition coefficient (Wildman–Crippen LogP) is 1.70. The van der Waals surface area contributed by atoms with Crippen LogP contribution in [-0.2, 0) is 13.6 Å². The van der Waals surface area contributed by atoms with Gasteiger partial charge in [-0.1, -0.05) is 12.1 Å². The number of para-hydroxylation sites is 1. The van der Waals surface area contributed by atoms with Crippen LogP contribution < -0.4 is 5.73 Å². The minimum absolute atomic E-state index is 0.609. The zero-order chi connectivity index (χ0) is 13.4. The van der Waals surface area contributed by atoms with Crippen LogP contribution in [0.15, 0.2) is 30.7 Å². The van der Waals surface area contributed by atoms with Crippen molar-refractivity contribution in [3.63, 3.8) is 0 Å². The van der Waals surface area contributed by atoms with Gasteiger partial charge in [0.25, 0.3) is 0 Å². The maximum absolute atomic E-state index is 5.55. The van der Waals surface area contributed by atoms with Crippen LogP contribution in [0.4, 0.5) is 0 Å². The molecule has 3 aromatic rings. The van der Waals surface area contributed by atoms with Gasteiger partial charge in [0.1, 0.15) is 5.69 Å². The molecule has 2 aromatic heterocycles. The van der Waals surface area contributed by atoms with Gasteiger partial charge < -0.3 is 14.9 Å². The number of fused-ring (bicyclic) bond motifs is 1. The Hall–Kier alpha value is -2.14. The molecule has 0 aliphatic heterocycles. The van der Waals surface area contributed by atoms with E-state index in [9.17, 15) is 0 Å². The first kappa shape index (κ1) is 11.9. The van der Waals surface area contributed by atoms with Crippen molar-refractivity contribution >= 4 is 11.0 Å². The highest BCUT2D eigenvalue weighted by Crippen LogP contribution is 2.24. The lowest BCUT2D eigenvalue weighted by molar-refractivity contribution is 0.708. The van der Waals surface area contributed by atoms with E-state index in [0.717, 1.165) is 29.1 Å². The maximum atomic E-state index is 5.55. The standard InChI is InChI=1S/C14H17N5/c1-10-4-3-5-11-13(10)18(2)14(17-11)12-8-19(7-6-15)9-16-12/h3-5,8-9H,6-7,15H2,1-2H3. The first-order chi connectivity index (χ1) is 9.20. The summed E-state index contributed by atoms with van der Waals surface area (Å²) in [6.45, 7) is 3.48. The van der Waals surface area contributed by atoms with E-state index in [1.54, 1.807) is 6.33 Å². The zero-order valence-electron chi connectivity index (χ0n) is 11.2. The lowest BCUT2D eigenvalue weighted by atomic mass is 10.2. The fourth-order valence-electron chi connectivity index (χ4n) is 2.44. The van der Waals surface area contributed by atoms with Gasteiger partial charge in [-0.3, -0.25) is 0 Å². The normalized spacial score (nSPS) is 11.3. The summed E-state index contributed by atoms with van der Waals surface area (Å²) >= 11 is 0. The molecule has 0 saturated carbocycles. The third kappa shape index (κ3) is 1.92. The summed E-state index contributed by atoms with van der Waals surface area (Å²) in [5.41, 5.74) is 9.82. The Morgan fingerprint density at radius 1 is 1.32 bits per heavy atom. The van der Waals surface area contributed by atoms with Crippen LogP contribution in [-0.4, -0.2) is 25.6 Å². The summed E-state index contributed by atoms with van der Waals surface area (Å²) in [6.07, 6.45) is 3.79. The Morgan fingerprint density at radius 2 is 2.16 bits per heavy atom. The number of aryl methyl sites for hydroxylation is 2. The van der Waals surface area contributed by atoms with E-state index in [-0.39, 0.29) is 0 Å². The Morgan fingerprint density at radius 3 is 2.89 bits per heavy atom. The molecule has 0 aliphatic rings. The summed E-state index contributed by atoms with van der Waals surface area (Å²) < 4.78 is 4.08. The van der Waals surface area contributed by atoms with Gasteiger partial charge >= 0.3 is 0 Å². The average molecular weight is 255 g/mol. The molecule has 0 atom stereocenters. The van der Waals surface area contributed by atoms with Gasteiger partial charge in [0.15, 0.2) is 5.82 Å². The van der Waals surface area contributed by atoms with E-state index >= 15 is 0 Å². The van der Waals surface area contributed by atoms with Crippen LogP contribution in [0.2, 0.25) is 0 Å². The van der Waals surface area contributed by atoms with Crippen molar-refractivity contribution in [1.82, 2.24) is 19.1 Å². The van der Waals surface area contributed by atoms with Gasteiger partial charge in [-0.25, -0.2) is 9.97 Å². The summed E-state index contributed by atoms with van der Waals surface area (Å²) in [4.78, 5) is 9.09. The largest absolute Gasteiger partial charge is 0.335 e. The van der Waals surface area contributed by atoms with Crippen molar-refractivity contribution in [1.29, 1.82) is 0 Å². The molecule has 1 aromatic carbocycles. The van der Waals surface area contributed by atoms with Gasteiger partial charge in [0, 0.05) is 26.3 Å². The maximum Gasteiger partial charge on any atom is 0.161 e. The lowest BCUT2D eigenvalue weighted by Gasteiger charge is -2.01. The SMILES string of the molecule is Cc1cccc2nc(-c3cn(CCN)cn3)n(C)c12. The number of hydrogen-bond acceptors (Lipinski definition) is 3. The average Bonchev–Trinajstić information content (AvgIpc) is 2.96. The molecule has 5 nitrogen and oxygen atoms in total. The number of aromatic nitrogens is 4. The Labute approximate surface area is 111 Å². The number of nitrogens with zero attached hydrogens (tertiary/aromatic N) is 4. The third-order valence-corrected chi connectivity index (χ3v) is 3.35. The van der Waals surface area contributed by atoms with E-state index in [4.69, 9.17) is 5.73 Å². The zero-order valence-corrected chi connectivity index (χ0v) is 11.2. The fourth-order valence-corrected chi connectivity index (χ4v) is 2.44. The molecule has 2 N–H and O–H groups in total. The number of rotatable bonds is 3. The first-order valence-corrected chi connectivity index (χ1v) is 6.35. The van der Waals surface area contributed by atoms with Crippen LogP contribution in [0.5, 0.6) is 0 Å². The summed E-state index contributed by atoms with van der Waals surface area (Å²) in [5, 5.41) is 0. The quantitative estimate of drug-likeness (QED) is 0.775. The minimum Gasteiger partial charge on any atom is -0.335 e. The lowest BCUT2D eigenvalue weighted by Crippen LogP contribution is -2.07. The molecule has 5 heteroatoms. The summed E-state index contributed by atoms with van der Waals surface area (Å²) in [6, 6.07) is 6.16. The number of hydrogen-bond donors (Lipinski definition) is 1. The van der Waals surface area contributed by atoms with Crippen molar-refractivity contribution in [2.75, 3.05) is 6.54 Å². The van der Waals surface area contributed by atoms with Crippen LogP contribution in [0.3, 0.4) is 0 Å². The van der Waals surface area contributed by atoms with Gasteiger partial charge in [-0.05, 0) is 18.6 Å². The summed E-state index contributed by atoms with van der Waals surface area (Å²) in [5.74, 6) is 0.889. The number of benzene rings is 1. The molecule has 0 fully saturated rings. The van der Waals surface area contributed by atoms with E-state index < -0.39 is 0 Å².